The zero-order chi connectivity index (χ0) is 30.6. The fourth-order valence-corrected chi connectivity index (χ4v) is 6.71. The van der Waals surface area contributed by atoms with E-state index in [-0.39, 0.29) is 0 Å². The monoisotopic (exact) mass is 587 g/mol. The number of rotatable bonds is 4. The van der Waals surface area contributed by atoms with Gasteiger partial charge in [-0.25, -0.2) is 4.98 Å². The smallest absolute Gasteiger partial charge is 0.136 e. The molecule has 0 radical (unpaired) electrons. The fraction of sp³-hybridized carbons (Fsp3) is 0. The Morgan fingerprint density at radius 3 is 2.09 bits per heavy atom. The number of nitriles is 1. The van der Waals surface area contributed by atoms with Crippen LogP contribution in [0.25, 0.3) is 83.1 Å². The lowest BCUT2D eigenvalue weighted by Crippen LogP contribution is -1.97. The molecule has 9 aromatic rings. The SMILES string of the molecule is N#Cc1ccccc1-c1cc(-c2cccc(-c3ccccc3)n2)cc(-n2c3ccccc3c3cc4oc5ccccc5c4cc32)c1. The molecule has 0 fully saturated rings. The van der Waals surface area contributed by atoms with E-state index in [1.54, 1.807) is 0 Å². The highest BCUT2D eigenvalue weighted by atomic mass is 16.3. The number of fused-ring (bicyclic) bond motifs is 6. The zero-order valence-electron chi connectivity index (χ0n) is 24.7. The van der Waals surface area contributed by atoms with E-state index >= 15 is 0 Å². The molecule has 214 valence electrons. The summed E-state index contributed by atoms with van der Waals surface area (Å²) in [5, 5.41) is 14.5. The van der Waals surface area contributed by atoms with Crippen LogP contribution in [0.15, 0.2) is 156 Å². The Morgan fingerprint density at radius 2 is 1.22 bits per heavy atom. The molecule has 0 unspecified atom stereocenters. The molecule has 6 aromatic carbocycles. The summed E-state index contributed by atoms with van der Waals surface area (Å²) in [7, 11) is 0. The first-order chi connectivity index (χ1) is 22.7. The Balaban J connectivity index is 1.35. The largest absolute Gasteiger partial charge is 0.456 e. The van der Waals surface area contributed by atoms with Gasteiger partial charge in [-0.3, -0.25) is 0 Å². The van der Waals surface area contributed by atoms with Gasteiger partial charge in [0.05, 0.1) is 34.1 Å². The molecule has 0 aliphatic carbocycles. The molecule has 0 atom stereocenters. The summed E-state index contributed by atoms with van der Waals surface area (Å²) in [4.78, 5) is 5.12. The first-order valence-corrected chi connectivity index (χ1v) is 15.3. The Bertz CT molecular complexity index is 2660. The molecule has 9 rings (SSSR count). The van der Waals surface area contributed by atoms with Crippen molar-refractivity contribution < 1.29 is 4.42 Å². The fourth-order valence-electron chi connectivity index (χ4n) is 6.71. The molecule has 0 bridgehead atoms. The van der Waals surface area contributed by atoms with Gasteiger partial charge in [-0.2, -0.15) is 5.26 Å². The predicted octanol–water partition coefficient (Wildman–Crippen LogP) is 11.0. The second-order valence-corrected chi connectivity index (χ2v) is 11.5. The number of hydrogen-bond donors (Lipinski definition) is 0. The quantitative estimate of drug-likeness (QED) is 0.206. The molecule has 4 heteroatoms. The van der Waals surface area contributed by atoms with Crippen molar-refractivity contribution in [3.05, 3.63) is 157 Å². The van der Waals surface area contributed by atoms with Crippen LogP contribution >= 0.6 is 0 Å². The van der Waals surface area contributed by atoms with Gasteiger partial charge in [0.2, 0.25) is 0 Å². The summed E-state index contributed by atoms with van der Waals surface area (Å²) in [6, 6.07) is 54.2. The lowest BCUT2D eigenvalue weighted by molar-refractivity contribution is 0.669. The van der Waals surface area contributed by atoms with Crippen molar-refractivity contribution in [3.63, 3.8) is 0 Å². The third-order valence-corrected chi connectivity index (χ3v) is 8.82. The van der Waals surface area contributed by atoms with Crippen LogP contribution in [0.2, 0.25) is 0 Å². The lowest BCUT2D eigenvalue weighted by Gasteiger charge is -2.15. The highest BCUT2D eigenvalue weighted by molar-refractivity contribution is 6.17. The highest BCUT2D eigenvalue weighted by Crippen LogP contribution is 2.40. The maximum Gasteiger partial charge on any atom is 0.136 e. The van der Waals surface area contributed by atoms with Crippen molar-refractivity contribution in [3.8, 4) is 45.4 Å². The third-order valence-electron chi connectivity index (χ3n) is 8.82. The molecule has 4 nitrogen and oxygen atoms in total. The first kappa shape index (κ1) is 26.0. The maximum atomic E-state index is 10.1. The molecule has 0 saturated carbocycles. The summed E-state index contributed by atoms with van der Waals surface area (Å²) >= 11 is 0. The van der Waals surface area contributed by atoms with E-state index in [2.05, 4.69) is 102 Å². The van der Waals surface area contributed by atoms with Crippen LogP contribution in [0.1, 0.15) is 5.56 Å². The van der Waals surface area contributed by atoms with Crippen LogP contribution in [-0.4, -0.2) is 9.55 Å². The van der Waals surface area contributed by atoms with Gasteiger partial charge < -0.3 is 8.98 Å². The minimum absolute atomic E-state index is 0.630. The van der Waals surface area contributed by atoms with Crippen LogP contribution in [0.5, 0.6) is 0 Å². The van der Waals surface area contributed by atoms with Crippen LogP contribution < -0.4 is 0 Å². The van der Waals surface area contributed by atoms with Gasteiger partial charge >= 0.3 is 0 Å². The van der Waals surface area contributed by atoms with Crippen molar-refractivity contribution in [1.29, 1.82) is 5.26 Å². The lowest BCUT2D eigenvalue weighted by atomic mass is 9.96. The highest BCUT2D eigenvalue weighted by Gasteiger charge is 2.18. The Hall–Kier alpha value is -6.44. The van der Waals surface area contributed by atoms with E-state index in [1.165, 1.54) is 0 Å². The van der Waals surface area contributed by atoms with E-state index in [4.69, 9.17) is 9.40 Å². The zero-order valence-corrected chi connectivity index (χ0v) is 24.7. The summed E-state index contributed by atoms with van der Waals surface area (Å²) in [5.41, 5.74) is 11.2. The minimum Gasteiger partial charge on any atom is -0.456 e. The average Bonchev–Trinajstić information content (AvgIpc) is 3.65. The predicted molar refractivity (Wildman–Crippen MR) is 187 cm³/mol. The normalized spacial score (nSPS) is 11.5. The van der Waals surface area contributed by atoms with Crippen LogP contribution in [-0.2, 0) is 0 Å². The third kappa shape index (κ3) is 4.11. The van der Waals surface area contributed by atoms with Gasteiger partial charge in [-0.05, 0) is 71.8 Å². The molecule has 46 heavy (non-hydrogen) atoms. The van der Waals surface area contributed by atoms with Crippen LogP contribution in [0.4, 0.5) is 0 Å². The summed E-state index contributed by atoms with van der Waals surface area (Å²) in [6.07, 6.45) is 0. The van der Waals surface area contributed by atoms with E-state index in [1.807, 2.05) is 60.7 Å². The van der Waals surface area contributed by atoms with E-state index in [9.17, 15) is 5.26 Å². The standard InChI is InChI=1S/C42H25N3O/c43-26-28-13-4-5-14-32(28)29-21-30(38-18-10-17-37(44-38)27-11-2-1-3-12-27)23-31(22-29)45-39-19-8-6-15-33(39)35-25-42-36(24-40(35)45)34-16-7-9-20-41(34)46-42/h1-25H. The van der Waals surface area contributed by atoms with Gasteiger partial charge in [-0.15, -0.1) is 0 Å². The minimum atomic E-state index is 0.630. The second kappa shape index (κ2) is 10.3. The van der Waals surface area contributed by atoms with E-state index in [0.29, 0.717) is 5.56 Å². The number of furan rings is 1. The van der Waals surface area contributed by atoms with Gasteiger partial charge in [0.1, 0.15) is 11.2 Å². The number of benzene rings is 6. The van der Waals surface area contributed by atoms with Gasteiger partial charge in [0.15, 0.2) is 0 Å². The second-order valence-electron chi connectivity index (χ2n) is 11.5. The van der Waals surface area contributed by atoms with Crippen molar-refractivity contribution in [2.75, 3.05) is 0 Å². The molecule has 0 N–H and O–H groups in total. The molecule has 0 aliphatic rings. The molecular formula is C42H25N3O. The molecule has 0 aliphatic heterocycles. The summed E-state index contributed by atoms with van der Waals surface area (Å²) < 4.78 is 8.63. The van der Waals surface area contributed by atoms with Crippen LogP contribution in [0, 0.1) is 11.3 Å². The Labute approximate surface area is 265 Å². The van der Waals surface area contributed by atoms with Crippen molar-refractivity contribution in [1.82, 2.24) is 9.55 Å². The van der Waals surface area contributed by atoms with E-state index < -0.39 is 0 Å². The molecule has 3 heterocycles. The van der Waals surface area contributed by atoms with Gasteiger partial charge in [0, 0.05) is 38.4 Å². The van der Waals surface area contributed by atoms with Gasteiger partial charge in [-0.1, -0.05) is 91.0 Å². The number of hydrogen-bond acceptors (Lipinski definition) is 3. The summed E-state index contributed by atoms with van der Waals surface area (Å²) in [6.45, 7) is 0. The van der Waals surface area contributed by atoms with Gasteiger partial charge in [0.25, 0.3) is 0 Å². The maximum absolute atomic E-state index is 10.1. The van der Waals surface area contributed by atoms with E-state index in [0.717, 1.165) is 83.1 Å². The Morgan fingerprint density at radius 1 is 0.500 bits per heavy atom. The number of aromatic nitrogens is 2. The summed E-state index contributed by atoms with van der Waals surface area (Å²) in [5.74, 6) is 0. The average molecular weight is 588 g/mol. The van der Waals surface area contributed by atoms with Crippen molar-refractivity contribution in [2.24, 2.45) is 0 Å². The first-order valence-electron chi connectivity index (χ1n) is 15.3. The van der Waals surface area contributed by atoms with Crippen LogP contribution in [0.3, 0.4) is 0 Å². The molecule has 0 spiro atoms. The number of nitrogens with zero attached hydrogens (tertiary/aromatic N) is 3. The van der Waals surface area contributed by atoms with Crippen molar-refractivity contribution >= 4 is 43.7 Å². The molecule has 0 saturated heterocycles. The Kier molecular flexibility index (Phi) is 5.84. The number of pyridine rings is 1. The molecule has 0 amide bonds. The van der Waals surface area contributed by atoms with Crippen molar-refractivity contribution in [2.45, 2.75) is 0 Å². The molecule has 3 aromatic heterocycles. The molecular weight excluding hydrogens is 562 g/mol. The number of para-hydroxylation sites is 2. The topological polar surface area (TPSA) is 54.8 Å².